The van der Waals surface area contributed by atoms with E-state index in [1.165, 1.54) is 4.88 Å². The van der Waals surface area contributed by atoms with Gasteiger partial charge in [-0.25, -0.2) is 0 Å². The molecule has 0 atom stereocenters. The fourth-order valence-corrected chi connectivity index (χ4v) is 3.41. The van der Waals surface area contributed by atoms with Gasteiger partial charge in [0.15, 0.2) is 0 Å². The van der Waals surface area contributed by atoms with Gasteiger partial charge in [0.1, 0.15) is 0 Å². The molecule has 18 heavy (non-hydrogen) atoms. The number of hydrogen-bond donors (Lipinski definition) is 1. The van der Waals surface area contributed by atoms with Crippen LogP contribution in [-0.4, -0.2) is 36.5 Å². The second kappa shape index (κ2) is 6.34. The van der Waals surface area contributed by atoms with Crippen LogP contribution < -0.4 is 5.32 Å². The number of thiophene rings is 1. The summed E-state index contributed by atoms with van der Waals surface area (Å²) < 4.78 is 0. The zero-order valence-electron chi connectivity index (χ0n) is 11.2. The summed E-state index contributed by atoms with van der Waals surface area (Å²) in [5, 5.41) is 3.35. The highest BCUT2D eigenvalue weighted by atomic mass is 32.1. The maximum Gasteiger partial charge on any atom is 0.264 e. The van der Waals surface area contributed by atoms with Crippen molar-refractivity contribution in [3.8, 4) is 0 Å². The summed E-state index contributed by atoms with van der Waals surface area (Å²) in [6.45, 7) is 7.07. The Morgan fingerprint density at radius 1 is 1.39 bits per heavy atom. The molecule has 0 radical (unpaired) electrons. The van der Waals surface area contributed by atoms with E-state index in [0.29, 0.717) is 6.04 Å². The Morgan fingerprint density at radius 2 is 2.11 bits per heavy atom. The Morgan fingerprint density at radius 3 is 2.67 bits per heavy atom. The Labute approximate surface area is 113 Å². The Hall–Kier alpha value is -0.870. The largest absolute Gasteiger partial charge is 0.335 e. The molecule has 2 rings (SSSR count). The molecule has 0 aliphatic carbocycles. The standard InChI is InChI=1S/C14H22N2OS/c1-3-12-5-6-13(18-12)14(17)16(4-2)11-7-9-15-10-8-11/h5-6,11,15H,3-4,7-10H2,1-2H3. The first-order valence-corrected chi connectivity index (χ1v) is 7.68. The van der Waals surface area contributed by atoms with Crippen molar-refractivity contribution in [2.45, 2.75) is 39.2 Å². The first-order chi connectivity index (χ1) is 8.76. The van der Waals surface area contributed by atoms with Gasteiger partial charge in [-0.15, -0.1) is 11.3 Å². The Kier molecular flexibility index (Phi) is 4.78. The number of aryl methyl sites for hydroxylation is 1. The highest BCUT2D eigenvalue weighted by Gasteiger charge is 2.25. The molecule has 1 fully saturated rings. The summed E-state index contributed by atoms with van der Waals surface area (Å²) in [7, 11) is 0. The number of piperidine rings is 1. The van der Waals surface area contributed by atoms with E-state index < -0.39 is 0 Å². The zero-order chi connectivity index (χ0) is 13.0. The van der Waals surface area contributed by atoms with Gasteiger partial charge in [0.05, 0.1) is 4.88 Å². The number of nitrogens with one attached hydrogen (secondary N) is 1. The quantitative estimate of drug-likeness (QED) is 0.908. The highest BCUT2D eigenvalue weighted by Crippen LogP contribution is 2.21. The second-order valence-corrected chi connectivity index (χ2v) is 5.86. The van der Waals surface area contributed by atoms with E-state index in [4.69, 9.17) is 0 Å². The average molecular weight is 266 g/mol. The van der Waals surface area contributed by atoms with Crippen molar-refractivity contribution in [2.24, 2.45) is 0 Å². The molecule has 4 heteroatoms. The monoisotopic (exact) mass is 266 g/mol. The van der Waals surface area contributed by atoms with Gasteiger partial charge in [-0.1, -0.05) is 6.92 Å². The molecule has 1 N–H and O–H groups in total. The van der Waals surface area contributed by atoms with Crippen LogP contribution >= 0.6 is 11.3 Å². The van der Waals surface area contributed by atoms with Gasteiger partial charge >= 0.3 is 0 Å². The summed E-state index contributed by atoms with van der Waals surface area (Å²) in [5.41, 5.74) is 0. The third-order valence-electron chi connectivity index (χ3n) is 3.57. The van der Waals surface area contributed by atoms with Gasteiger partial charge in [-0.05, 0) is 51.4 Å². The van der Waals surface area contributed by atoms with E-state index >= 15 is 0 Å². The lowest BCUT2D eigenvalue weighted by molar-refractivity contribution is 0.0661. The maximum atomic E-state index is 12.5. The van der Waals surface area contributed by atoms with E-state index in [1.807, 2.05) is 11.0 Å². The van der Waals surface area contributed by atoms with Crippen molar-refractivity contribution in [3.63, 3.8) is 0 Å². The molecule has 0 unspecified atom stereocenters. The number of carbonyl (C=O) groups excluding carboxylic acids is 1. The van der Waals surface area contributed by atoms with Crippen LogP contribution in [0.5, 0.6) is 0 Å². The van der Waals surface area contributed by atoms with Gasteiger partial charge in [0.25, 0.3) is 5.91 Å². The summed E-state index contributed by atoms with van der Waals surface area (Å²) in [4.78, 5) is 16.8. The van der Waals surface area contributed by atoms with Crippen LogP contribution in [0.4, 0.5) is 0 Å². The predicted molar refractivity (Wildman–Crippen MR) is 76.3 cm³/mol. The number of rotatable bonds is 4. The summed E-state index contributed by atoms with van der Waals surface area (Å²) in [5.74, 6) is 0.217. The molecule has 1 amide bonds. The zero-order valence-corrected chi connectivity index (χ0v) is 12.1. The fourth-order valence-electron chi connectivity index (χ4n) is 2.51. The molecule has 3 nitrogen and oxygen atoms in total. The molecule has 0 aromatic carbocycles. The van der Waals surface area contributed by atoms with Gasteiger partial charge in [0, 0.05) is 17.5 Å². The van der Waals surface area contributed by atoms with E-state index in [2.05, 4.69) is 25.2 Å². The lowest BCUT2D eigenvalue weighted by Crippen LogP contribution is -2.45. The lowest BCUT2D eigenvalue weighted by atomic mass is 10.0. The lowest BCUT2D eigenvalue weighted by Gasteiger charge is -2.33. The summed E-state index contributed by atoms with van der Waals surface area (Å²) in [6.07, 6.45) is 3.16. The number of hydrogen-bond acceptors (Lipinski definition) is 3. The fraction of sp³-hybridized carbons (Fsp3) is 0.643. The average Bonchev–Trinajstić information content (AvgIpc) is 2.89. The molecule has 100 valence electrons. The molecule has 1 aromatic heterocycles. The van der Waals surface area contributed by atoms with E-state index in [1.54, 1.807) is 11.3 Å². The van der Waals surface area contributed by atoms with Gasteiger partial charge in [0.2, 0.25) is 0 Å². The van der Waals surface area contributed by atoms with Crippen molar-refractivity contribution in [1.82, 2.24) is 10.2 Å². The molecule has 2 heterocycles. The molecule has 0 saturated carbocycles. The van der Waals surface area contributed by atoms with Crippen molar-refractivity contribution in [3.05, 3.63) is 21.9 Å². The Bertz CT molecular complexity index is 396. The van der Waals surface area contributed by atoms with Crippen LogP contribution in [-0.2, 0) is 6.42 Å². The van der Waals surface area contributed by atoms with Gasteiger partial charge in [-0.2, -0.15) is 0 Å². The second-order valence-electron chi connectivity index (χ2n) is 4.69. The van der Waals surface area contributed by atoms with Crippen LogP contribution in [0.3, 0.4) is 0 Å². The van der Waals surface area contributed by atoms with E-state index in [-0.39, 0.29) is 5.91 Å². The highest BCUT2D eigenvalue weighted by molar-refractivity contribution is 7.14. The summed E-state index contributed by atoms with van der Waals surface area (Å²) in [6, 6.07) is 4.47. The number of amides is 1. The van der Waals surface area contributed by atoms with Crippen LogP contribution in [0.15, 0.2) is 12.1 Å². The molecular weight excluding hydrogens is 244 g/mol. The Balaban J connectivity index is 2.08. The molecule has 1 saturated heterocycles. The first kappa shape index (κ1) is 13.6. The SMILES string of the molecule is CCc1ccc(C(=O)N(CC)C2CCNCC2)s1. The predicted octanol–water partition coefficient (Wildman–Crippen LogP) is 2.52. The molecule has 0 spiro atoms. The van der Waals surface area contributed by atoms with Crippen LogP contribution in [0, 0.1) is 0 Å². The van der Waals surface area contributed by atoms with Crippen molar-refractivity contribution >= 4 is 17.2 Å². The van der Waals surface area contributed by atoms with E-state index in [0.717, 1.165) is 43.8 Å². The van der Waals surface area contributed by atoms with Crippen LogP contribution in [0.25, 0.3) is 0 Å². The first-order valence-electron chi connectivity index (χ1n) is 6.86. The molecular formula is C14H22N2OS. The van der Waals surface area contributed by atoms with Crippen molar-refractivity contribution in [1.29, 1.82) is 0 Å². The van der Waals surface area contributed by atoms with E-state index in [9.17, 15) is 4.79 Å². The number of carbonyl (C=O) groups is 1. The molecule has 0 bridgehead atoms. The third kappa shape index (κ3) is 2.93. The minimum Gasteiger partial charge on any atom is -0.335 e. The number of nitrogens with zero attached hydrogens (tertiary/aromatic N) is 1. The van der Waals surface area contributed by atoms with Crippen molar-refractivity contribution in [2.75, 3.05) is 19.6 Å². The maximum absolute atomic E-state index is 12.5. The normalized spacial score (nSPS) is 16.8. The minimum absolute atomic E-state index is 0.217. The summed E-state index contributed by atoms with van der Waals surface area (Å²) >= 11 is 1.64. The third-order valence-corrected chi connectivity index (χ3v) is 4.79. The topological polar surface area (TPSA) is 32.3 Å². The molecule has 1 aliphatic heterocycles. The van der Waals surface area contributed by atoms with Crippen LogP contribution in [0.2, 0.25) is 0 Å². The van der Waals surface area contributed by atoms with Gasteiger partial charge < -0.3 is 10.2 Å². The minimum atomic E-state index is 0.217. The van der Waals surface area contributed by atoms with Gasteiger partial charge in [-0.3, -0.25) is 4.79 Å². The van der Waals surface area contributed by atoms with Crippen LogP contribution in [0.1, 0.15) is 41.2 Å². The van der Waals surface area contributed by atoms with Crippen molar-refractivity contribution < 1.29 is 4.79 Å². The smallest absolute Gasteiger partial charge is 0.264 e. The molecule has 1 aliphatic rings. The molecule has 1 aromatic rings.